The predicted molar refractivity (Wildman–Crippen MR) is 194 cm³/mol. The van der Waals surface area contributed by atoms with Gasteiger partial charge in [-0.25, -0.2) is 0 Å². The summed E-state index contributed by atoms with van der Waals surface area (Å²) in [5.74, 6) is 0.703. The van der Waals surface area contributed by atoms with Gasteiger partial charge in [0, 0.05) is 68.8 Å². The molecule has 1 aliphatic carbocycles. The summed E-state index contributed by atoms with van der Waals surface area (Å²) in [7, 11) is 0. The van der Waals surface area contributed by atoms with Gasteiger partial charge in [0.15, 0.2) is 5.78 Å². The van der Waals surface area contributed by atoms with E-state index in [9.17, 15) is 4.79 Å². The number of ketones is 1. The number of aryl methyl sites for hydroxylation is 1. The van der Waals surface area contributed by atoms with Gasteiger partial charge in [0.1, 0.15) is 0 Å². The molecule has 0 spiro atoms. The molecule has 0 amide bonds. The van der Waals surface area contributed by atoms with E-state index in [1.54, 1.807) is 5.56 Å². The molecule has 8 aromatic rings. The molecule has 0 bridgehead atoms. The molecule has 1 N–H and O–H groups in total. The minimum absolute atomic E-state index is 0. The molecule has 9 rings (SSSR count). The predicted octanol–water partition coefficient (Wildman–Crippen LogP) is 11.1. The molecule has 47 heavy (non-hydrogen) atoms. The van der Waals surface area contributed by atoms with E-state index >= 15 is 0 Å². The van der Waals surface area contributed by atoms with Gasteiger partial charge in [-0.1, -0.05) is 79.1 Å². The minimum atomic E-state index is -0.125. The number of benzene rings is 4. The number of aliphatic hydroxyl groups excluding tert-OH is 1. The Morgan fingerprint density at radius 3 is 2.43 bits per heavy atom. The fraction of sp³-hybridized carbons (Fsp3) is 0.220. The molecular weight excluding hydrogens is 777 g/mol. The second-order valence-electron chi connectivity index (χ2n) is 12.8. The van der Waals surface area contributed by atoms with Crippen LogP contribution in [0.15, 0.2) is 90.8 Å². The van der Waals surface area contributed by atoms with Crippen molar-refractivity contribution >= 4 is 75.4 Å². The van der Waals surface area contributed by atoms with Gasteiger partial charge in [-0.15, -0.1) is 35.1 Å². The van der Waals surface area contributed by atoms with E-state index in [4.69, 9.17) is 10.1 Å². The van der Waals surface area contributed by atoms with E-state index in [0.717, 1.165) is 23.6 Å². The number of rotatable bonds is 4. The molecule has 237 valence electrons. The van der Waals surface area contributed by atoms with E-state index < -0.39 is 0 Å². The number of carbonyl (C=O) groups is 1. The maximum atomic E-state index is 10.0. The Balaban J connectivity index is 0.000000399. The first-order valence-electron chi connectivity index (χ1n) is 16.2. The number of aromatic nitrogens is 2. The molecular formula is C41H35IrN2O2S-. The van der Waals surface area contributed by atoms with Crippen LogP contribution in [0.4, 0.5) is 0 Å². The largest absolute Gasteiger partial charge is 0.512 e. The molecule has 1 saturated carbocycles. The summed E-state index contributed by atoms with van der Waals surface area (Å²) in [6, 6.07) is 30.5. The van der Waals surface area contributed by atoms with Gasteiger partial charge >= 0.3 is 0 Å². The molecule has 0 aliphatic heterocycles. The zero-order valence-corrected chi connectivity index (χ0v) is 29.9. The Bertz CT molecular complexity index is 2480. The van der Waals surface area contributed by atoms with Crippen LogP contribution in [0.5, 0.6) is 0 Å². The zero-order valence-electron chi connectivity index (χ0n) is 26.7. The first-order valence-corrected chi connectivity index (χ1v) is 17.0. The summed E-state index contributed by atoms with van der Waals surface area (Å²) in [4.78, 5) is 14.7. The summed E-state index contributed by atoms with van der Waals surface area (Å²) in [6.07, 6.45) is 9.67. The molecule has 4 aromatic heterocycles. The van der Waals surface area contributed by atoms with Crippen LogP contribution in [0.1, 0.15) is 50.7 Å². The van der Waals surface area contributed by atoms with Gasteiger partial charge in [0.05, 0.1) is 11.3 Å². The third kappa shape index (κ3) is 5.33. The van der Waals surface area contributed by atoms with E-state index in [1.165, 1.54) is 109 Å². The van der Waals surface area contributed by atoms with Crippen molar-refractivity contribution < 1.29 is 30.0 Å². The molecule has 0 unspecified atom stereocenters. The van der Waals surface area contributed by atoms with Gasteiger partial charge < -0.3 is 14.5 Å². The van der Waals surface area contributed by atoms with Crippen LogP contribution in [-0.4, -0.2) is 20.3 Å². The first kappa shape index (κ1) is 31.5. The number of allylic oxidation sites excluding steroid dienone is 2. The topological polar surface area (TPSA) is 54.6 Å². The van der Waals surface area contributed by atoms with Gasteiger partial charge in [-0.3, -0.25) is 4.79 Å². The Hall–Kier alpha value is -4.09. The summed E-state index contributed by atoms with van der Waals surface area (Å²) in [5.41, 5.74) is 8.78. The quantitative estimate of drug-likeness (QED) is 0.109. The van der Waals surface area contributed by atoms with E-state index in [2.05, 4.69) is 90.2 Å². The summed E-state index contributed by atoms with van der Waals surface area (Å²) >= 11 is 2.00. The Kier molecular flexibility index (Phi) is 8.38. The summed E-state index contributed by atoms with van der Waals surface area (Å²) in [5, 5.41) is 16.8. The van der Waals surface area contributed by atoms with E-state index in [1.807, 2.05) is 17.5 Å². The van der Waals surface area contributed by atoms with Crippen LogP contribution in [0, 0.1) is 18.9 Å². The number of thiophene rings is 1. The van der Waals surface area contributed by atoms with Gasteiger partial charge in [-0.05, 0) is 73.5 Å². The molecule has 4 heterocycles. The number of fused-ring (bicyclic) bond motifs is 10. The molecule has 4 aromatic carbocycles. The maximum absolute atomic E-state index is 10.0. The SMILES string of the molecule is CC(=O)/C=C(/C)O.Cc1ccnc(-c2[c-]cc3c(c2)c2c(CC4CCCC4)c4sc5ccccc5c4c4c5ccccc5n3c24)c1.[Ir]. The number of hydrogen-bond donors (Lipinski definition) is 1. The Morgan fingerprint density at radius 2 is 1.70 bits per heavy atom. The number of para-hydroxylation sites is 1. The van der Waals surface area contributed by atoms with Crippen molar-refractivity contribution in [2.45, 2.75) is 52.9 Å². The Labute approximate surface area is 291 Å². The fourth-order valence-electron chi connectivity index (χ4n) is 7.73. The average molecular weight is 812 g/mol. The number of pyridine rings is 1. The van der Waals surface area contributed by atoms with E-state index in [-0.39, 0.29) is 31.6 Å². The first-order chi connectivity index (χ1) is 22.4. The minimum Gasteiger partial charge on any atom is -0.512 e. The normalized spacial score (nSPS) is 14.1. The molecule has 1 aliphatic rings. The number of aliphatic hydroxyl groups is 1. The number of carbonyl (C=O) groups excluding carboxylic acids is 1. The van der Waals surface area contributed by atoms with Crippen molar-refractivity contribution in [1.82, 2.24) is 9.38 Å². The van der Waals surface area contributed by atoms with Crippen LogP contribution < -0.4 is 0 Å². The van der Waals surface area contributed by atoms with Crippen molar-refractivity contribution in [3.05, 3.63) is 108 Å². The third-order valence-electron chi connectivity index (χ3n) is 9.54. The average Bonchev–Trinajstić information content (AvgIpc) is 3.82. The second kappa shape index (κ2) is 12.5. The molecule has 1 radical (unpaired) electrons. The standard InChI is InChI=1S/C36H27N2S.C5H8O2.Ir/c1-21-16-17-37-28(18-21)23-14-15-30-26(20-23)32-27(19-22-8-2-3-9-22)36-34(25-11-5-7-13-31(25)39-36)33-24-10-4-6-12-29(24)38(30)35(32)33;1-4(6)3-5(2)7;/h4-7,10-13,15-18,20,22H,2-3,8-9,19H2,1H3;3,6H,1-2H3;/q-1;;/b;4-3-;. The van der Waals surface area contributed by atoms with Gasteiger partial charge in [0.2, 0.25) is 0 Å². The maximum Gasteiger partial charge on any atom is 0.155 e. The van der Waals surface area contributed by atoms with Crippen molar-refractivity contribution in [1.29, 1.82) is 0 Å². The zero-order chi connectivity index (χ0) is 31.5. The van der Waals surface area contributed by atoms with Crippen LogP contribution in [0.2, 0.25) is 0 Å². The van der Waals surface area contributed by atoms with E-state index in [0.29, 0.717) is 0 Å². The molecule has 6 heteroatoms. The summed E-state index contributed by atoms with van der Waals surface area (Å²) < 4.78 is 5.41. The molecule has 0 saturated heterocycles. The van der Waals surface area contributed by atoms with Crippen LogP contribution in [0.25, 0.3) is 69.5 Å². The van der Waals surface area contributed by atoms with Crippen molar-refractivity contribution in [3.8, 4) is 11.3 Å². The number of hydrogen-bond acceptors (Lipinski definition) is 4. The molecule has 4 nitrogen and oxygen atoms in total. The third-order valence-corrected chi connectivity index (χ3v) is 10.8. The molecule has 1 fully saturated rings. The fourth-order valence-corrected chi connectivity index (χ4v) is 8.99. The van der Waals surface area contributed by atoms with Gasteiger partial charge in [0.25, 0.3) is 0 Å². The van der Waals surface area contributed by atoms with Crippen LogP contribution in [-0.2, 0) is 31.3 Å². The number of nitrogens with zero attached hydrogens (tertiary/aromatic N) is 2. The van der Waals surface area contributed by atoms with Crippen molar-refractivity contribution in [2.24, 2.45) is 5.92 Å². The smallest absolute Gasteiger partial charge is 0.155 e. The Morgan fingerprint density at radius 1 is 0.957 bits per heavy atom. The van der Waals surface area contributed by atoms with Crippen molar-refractivity contribution in [2.75, 3.05) is 0 Å². The monoisotopic (exact) mass is 812 g/mol. The van der Waals surface area contributed by atoms with Gasteiger partial charge in [-0.2, -0.15) is 0 Å². The van der Waals surface area contributed by atoms with Crippen LogP contribution in [0.3, 0.4) is 0 Å². The van der Waals surface area contributed by atoms with Crippen molar-refractivity contribution in [3.63, 3.8) is 0 Å². The van der Waals surface area contributed by atoms with Crippen LogP contribution >= 0.6 is 11.3 Å². The second-order valence-corrected chi connectivity index (χ2v) is 13.9. The molecule has 0 atom stereocenters. The summed E-state index contributed by atoms with van der Waals surface area (Å²) in [6.45, 7) is 4.98.